The molecule has 0 atom stereocenters. The molecule has 4 rings (SSSR count). The molecule has 1 aromatic heterocycles. The van der Waals surface area contributed by atoms with Crippen LogP contribution >= 0.6 is 23.4 Å². The van der Waals surface area contributed by atoms with Gasteiger partial charge in [-0.25, -0.2) is 5.43 Å². The molecular weight excluding hydrogens is 506 g/mol. The molecule has 37 heavy (non-hydrogen) atoms. The lowest BCUT2D eigenvalue weighted by molar-refractivity contribution is -0.118. The Morgan fingerprint density at radius 1 is 1.08 bits per heavy atom. The second-order valence-corrected chi connectivity index (χ2v) is 10.7. The summed E-state index contributed by atoms with van der Waals surface area (Å²) >= 11 is 7.27. The fourth-order valence-corrected chi connectivity index (χ4v) is 4.50. The highest BCUT2D eigenvalue weighted by Crippen LogP contribution is 2.30. The molecule has 0 saturated heterocycles. The van der Waals surface area contributed by atoms with E-state index in [4.69, 9.17) is 16.3 Å². The van der Waals surface area contributed by atoms with Crippen LogP contribution in [0.15, 0.2) is 83.1 Å². The van der Waals surface area contributed by atoms with Gasteiger partial charge in [0, 0.05) is 16.3 Å². The second-order valence-electron chi connectivity index (χ2n) is 9.30. The number of rotatable bonds is 8. The normalized spacial score (nSPS) is 11.6. The fourth-order valence-electron chi connectivity index (χ4n) is 3.56. The number of hydrogen-bond acceptors (Lipinski definition) is 6. The third kappa shape index (κ3) is 6.78. The molecule has 4 aromatic rings. The summed E-state index contributed by atoms with van der Waals surface area (Å²) in [4.78, 5) is 12.5. The van der Waals surface area contributed by atoms with Gasteiger partial charge in [0.25, 0.3) is 5.91 Å². The number of carbonyl (C=O) groups excluding carboxylic acids is 1. The van der Waals surface area contributed by atoms with Crippen molar-refractivity contribution in [2.24, 2.45) is 5.10 Å². The number of methoxy groups -OCH3 is 1. The van der Waals surface area contributed by atoms with Crippen LogP contribution in [0.4, 0.5) is 0 Å². The molecule has 190 valence electrons. The summed E-state index contributed by atoms with van der Waals surface area (Å²) in [6.07, 6.45) is 1.55. The first-order valence-corrected chi connectivity index (χ1v) is 13.0. The van der Waals surface area contributed by atoms with Crippen molar-refractivity contribution in [1.82, 2.24) is 20.2 Å². The van der Waals surface area contributed by atoms with Crippen LogP contribution in [-0.4, -0.2) is 39.7 Å². The maximum Gasteiger partial charge on any atom is 0.250 e. The zero-order valence-corrected chi connectivity index (χ0v) is 22.7. The van der Waals surface area contributed by atoms with Gasteiger partial charge in [0.2, 0.25) is 0 Å². The zero-order chi connectivity index (χ0) is 26.4. The van der Waals surface area contributed by atoms with E-state index in [1.165, 1.54) is 17.3 Å². The van der Waals surface area contributed by atoms with Gasteiger partial charge >= 0.3 is 0 Å². The smallest absolute Gasteiger partial charge is 0.250 e. The molecular formula is C28H28ClN5O2S. The number of thioether (sulfide) groups is 1. The third-order valence-corrected chi connectivity index (χ3v) is 6.72. The van der Waals surface area contributed by atoms with Crippen LogP contribution in [0.3, 0.4) is 0 Å². The molecule has 1 heterocycles. The summed E-state index contributed by atoms with van der Waals surface area (Å²) in [5.74, 6) is 1.29. The molecule has 0 fully saturated rings. The van der Waals surface area contributed by atoms with Gasteiger partial charge in [-0.2, -0.15) is 5.10 Å². The van der Waals surface area contributed by atoms with Crippen LogP contribution in [0.1, 0.15) is 31.9 Å². The van der Waals surface area contributed by atoms with Crippen molar-refractivity contribution in [2.75, 3.05) is 12.9 Å². The molecule has 0 saturated carbocycles. The predicted octanol–water partition coefficient (Wildman–Crippen LogP) is 6.14. The minimum Gasteiger partial charge on any atom is -0.497 e. The van der Waals surface area contributed by atoms with E-state index in [0.717, 1.165) is 22.6 Å². The fraction of sp³-hybridized carbons (Fsp3) is 0.214. The summed E-state index contributed by atoms with van der Waals surface area (Å²) in [6, 6.07) is 23.2. The number of nitrogens with one attached hydrogen (secondary N) is 1. The van der Waals surface area contributed by atoms with Gasteiger partial charge < -0.3 is 4.74 Å². The maximum absolute atomic E-state index is 12.5. The van der Waals surface area contributed by atoms with Crippen molar-refractivity contribution >= 4 is 35.5 Å². The molecule has 3 aromatic carbocycles. The van der Waals surface area contributed by atoms with E-state index in [2.05, 4.69) is 65.8 Å². The van der Waals surface area contributed by atoms with Crippen molar-refractivity contribution in [1.29, 1.82) is 0 Å². The molecule has 0 radical (unpaired) electrons. The largest absolute Gasteiger partial charge is 0.497 e. The van der Waals surface area contributed by atoms with Gasteiger partial charge in [0.1, 0.15) is 5.75 Å². The standard InChI is InChI=1S/C28H28ClN5O2S/c1-28(2,3)21-10-8-20(9-11-21)26-32-33-27(34(26)23-12-14-24(36-4)15-13-23)37-18-25(35)31-30-17-19-6-5-7-22(29)16-19/h5-17H,18H2,1-4H3,(H,31,35)/b30-17+. The van der Waals surface area contributed by atoms with Gasteiger partial charge in [0.05, 0.1) is 19.1 Å². The highest BCUT2D eigenvalue weighted by molar-refractivity contribution is 7.99. The van der Waals surface area contributed by atoms with Gasteiger partial charge in [-0.1, -0.05) is 80.5 Å². The van der Waals surface area contributed by atoms with Crippen molar-refractivity contribution in [3.8, 4) is 22.8 Å². The van der Waals surface area contributed by atoms with E-state index in [1.807, 2.05) is 41.0 Å². The molecule has 0 unspecified atom stereocenters. The molecule has 0 aliphatic heterocycles. The van der Waals surface area contributed by atoms with Crippen molar-refractivity contribution in [2.45, 2.75) is 31.3 Å². The Hall–Kier alpha value is -3.62. The van der Waals surface area contributed by atoms with E-state index in [0.29, 0.717) is 16.0 Å². The molecule has 0 bridgehead atoms. The Labute approximate surface area is 225 Å². The first kappa shape index (κ1) is 26.4. The highest BCUT2D eigenvalue weighted by Gasteiger charge is 2.19. The summed E-state index contributed by atoms with van der Waals surface area (Å²) in [6.45, 7) is 6.54. The van der Waals surface area contributed by atoms with Crippen LogP contribution in [-0.2, 0) is 10.2 Å². The van der Waals surface area contributed by atoms with Crippen LogP contribution in [0.5, 0.6) is 5.75 Å². The SMILES string of the molecule is COc1ccc(-n2c(SCC(=O)N/N=C/c3cccc(Cl)c3)nnc2-c2ccc(C(C)(C)C)cc2)cc1. The zero-order valence-electron chi connectivity index (χ0n) is 21.1. The van der Waals surface area contributed by atoms with E-state index in [-0.39, 0.29) is 17.1 Å². The average Bonchev–Trinajstić information content (AvgIpc) is 3.31. The number of halogens is 1. The molecule has 1 amide bonds. The maximum atomic E-state index is 12.5. The lowest BCUT2D eigenvalue weighted by atomic mass is 9.87. The lowest BCUT2D eigenvalue weighted by Gasteiger charge is -2.19. The van der Waals surface area contributed by atoms with Crippen LogP contribution in [0, 0.1) is 0 Å². The summed E-state index contributed by atoms with van der Waals surface area (Å²) in [7, 11) is 1.63. The summed E-state index contributed by atoms with van der Waals surface area (Å²) in [5.41, 5.74) is 6.41. The van der Waals surface area contributed by atoms with Gasteiger partial charge in [-0.15, -0.1) is 10.2 Å². The van der Waals surface area contributed by atoms with E-state index in [1.54, 1.807) is 25.5 Å². The Morgan fingerprint density at radius 3 is 2.46 bits per heavy atom. The Bertz CT molecular complexity index is 1390. The minimum atomic E-state index is -0.261. The number of hydrogen-bond donors (Lipinski definition) is 1. The van der Waals surface area contributed by atoms with Gasteiger partial charge in [-0.3, -0.25) is 9.36 Å². The topological polar surface area (TPSA) is 81.4 Å². The monoisotopic (exact) mass is 533 g/mol. The van der Waals surface area contributed by atoms with Crippen molar-refractivity contribution in [3.63, 3.8) is 0 Å². The van der Waals surface area contributed by atoms with Gasteiger partial charge in [0.15, 0.2) is 11.0 Å². The molecule has 1 N–H and O–H groups in total. The molecule has 0 spiro atoms. The first-order valence-electron chi connectivity index (χ1n) is 11.7. The third-order valence-electron chi connectivity index (χ3n) is 5.56. The lowest BCUT2D eigenvalue weighted by Crippen LogP contribution is -2.20. The van der Waals surface area contributed by atoms with Gasteiger partial charge in [-0.05, 0) is 52.9 Å². The van der Waals surface area contributed by atoms with Crippen LogP contribution in [0.2, 0.25) is 5.02 Å². The van der Waals surface area contributed by atoms with Crippen LogP contribution in [0.25, 0.3) is 17.1 Å². The number of nitrogens with zero attached hydrogens (tertiary/aromatic N) is 4. The number of amides is 1. The molecule has 0 aliphatic carbocycles. The minimum absolute atomic E-state index is 0.0474. The predicted molar refractivity (Wildman–Crippen MR) is 150 cm³/mol. The molecule has 7 nitrogen and oxygen atoms in total. The average molecular weight is 534 g/mol. The molecule has 0 aliphatic rings. The number of carbonyl (C=O) groups is 1. The van der Waals surface area contributed by atoms with Crippen LogP contribution < -0.4 is 10.2 Å². The summed E-state index contributed by atoms with van der Waals surface area (Å²) < 4.78 is 7.26. The van der Waals surface area contributed by atoms with E-state index < -0.39 is 0 Å². The second kappa shape index (κ2) is 11.6. The summed E-state index contributed by atoms with van der Waals surface area (Å²) in [5, 5.41) is 14.1. The Balaban J connectivity index is 1.55. The number of hydrazone groups is 1. The van der Waals surface area contributed by atoms with E-state index >= 15 is 0 Å². The van der Waals surface area contributed by atoms with Crippen molar-refractivity contribution < 1.29 is 9.53 Å². The first-order chi connectivity index (χ1) is 17.7. The number of benzene rings is 3. The highest BCUT2D eigenvalue weighted by atomic mass is 35.5. The van der Waals surface area contributed by atoms with E-state index in [9.17, 15) is 4.79 Å². The Kier molecular flexibility index (Phi) is 8.31. The molecule has 9 heteroatoms. The Morgan fingerprint density at radius 2 is 1.81 bits per heavy atom. The number of aromatic nitrogens is 3. The number of ether oxygens (including phenoxy) is 1. The quantitative estimate of drug-likeness (QED) is 0.167. The van der Waals surface area contributed by atoms with Crippen molar-refractivity contribution in [3.05, 3.63) is 88.9 Å².